The lowest BCUT2D eigenvalue weighted by Crippen LogP contribution is -2.39. The van der Waals surface area contributed by atoms with E-state index in [-0.39, 0.29) is 5.92 Å². The average Bonchev–Trinajstić information content (AvgIpc) is 2.39. The summed E-state index contributed by atoms with van der Waals surface area (Å²) >= 11 is 6.00. The predicted octanol–water partition coefficient (Wildman–Crippen LogP) is 2.00. The van der Waals surface area contributed by atoms with Crippen LogP contribution in [0.3, 0.4) is 0 Å². The first-order chi connectivity index (χ1) is 9.15. The highest BCUT2D eigenvalue weighted by atomic mass is 35.5. The Balaban J connectivity index is 1.84. The van der Waals surface area contributed by atoms with Gasteiger partial charge in [-0.05, 0) is 0 Å². The molecular formula is C13H21ClN4O. The van der Waals surface area contributed by atoms with E-state index in [0.717, 1.165) is 51.0 Å². The molecule has 2 rings (SSSR count). The van der Waals surface area contributed by atoms with Gasteiger partial charge < -0.3 is 10.1 Å². The van der Waals surface area contributed by atoms with Gasteiger partial charge in [-0.1, -0.05) is 25.4 Å². The van der Waals surface area contributed by atoms with Crippen LogP contribution in [0, 0.1) is 0 Å². The van der Waals surface area contributed by atoms with Crippen molar-refractivity contribution in [2.24, 2.45) is 0 Å². The number of nitrogens with one attached hydrogen (secondary N) is 1. The molecule has 0 amide bonds. The molecule has 0 saturated carbocycles. The van der Waals surface area contributed by atoms with Gasteiger partial charge in [0.15, 0.2) is 0 Å². The smallest absolute Gasteiger partial charge is 0.135 e. The van der Waals surface area contributed by atoms with Gasteiger partial charge in [-0.25, -0.2) is 9.97 Å². The first-order valence-corrected chi connectivity index (χ1v) is 7.11. The Morgan fingerprint density at radius 3 is 2.79 bits per heavy atom. The van der Waals surface area contributed by atoms with Gasteiger partial charge in [-0.15, -0.1) is 0 Å². The maximum absolute atomic E-state index is 6.00. The van der Waals surface area contributed by atoms with Crippen molar-refractivity contribution < 1.29 is 4.74 Å². The van der Waals surface area contributed by atoms with E-state index in [1.165, 1.54) is 0 Å². The van der Waals surface area contributed by atoms with Gasteiger partial charge in [0.1, 0.15) is 16.8 Å². The Labute approximate surface area is 119 Å². The van der Waals surface area contributed by atoms with Crippen molar-refractivity contribution in [1.29, 1.82) is 0 Å². The quantitative estimate of drug-likeness (QED) is 0.838. The van der Waals surface area contributed by atoms with E-state index in [0.29, 0.717) is 5.15 Å². The van der Waals surface area contributed by atoms with E-state index >= 15 is 0 Å². The fraction of sp³-hybridized carbons (Fsp3) is 0.692. The van der Waals surface area contributed by atoms with Crippen LogP contribution in [-0.4, -0.2) is 54.3 Å². The third-order valence-corrected chi connectivity index (χ3v) is 3.26. The minimum absolute atomic E-state index is 0.276. The Hall–Kier alpha value is -0.910. The number of halogens is 1. The number of ether oxygens (including phenoxy) is 1. The van der Waals surface area contributed by atoms with Crippen molar-refractivity contribution in [2.75, 3.05) is 44.7 Å². The number of aromatic nitrogens is 2. The van der Waals surface area contributed by atoms with Crippen LogP contribution in [0.4, 0.5) is 5.82 Å². The molecule has 0 atom stereocenters. The molecule has 0 aromatic carbocycles. The maximum Gasteiger partial charge on any atom is 0.135 e. The molecule has 19 heavy (non-hydrogen) atoms. The second-order valence-electron chi connectivity index (χ2n) is 4.97. The number of morpholine rings is 1. The average molecular weight is 285 g/mol. The standard InChI is InChI=1S/C13H21ClN4O/c1-10(2)13-16-11(14)9-12(17-13)15-3-4-18-5-7-19-8-6-18/h9-10H,3-8H2,1-2H3,(H,15,16,17). The van der Waals surface area contributed by atoms with Crippen LogP contribution >= 0.6 is 11.6 Å². The molecule has 1 fully saturated rings. The van der Waals surface area contributed by atoms with Gasteiger partial charge in [0.25, 0.3) is 0 Å². The molecule has 106 valence electrons. The molecule has 1 aliphatic heterocycles. The van der Waals surface area contributed by atoms with Crippen LogP contribution in [0.5, 0.6) is 0 Å². The molecule has 0 spiro atoms. The van der Waals surface area contributed by atoms with Crippen molar-refractivity contribution in [1.82, 2.24) is 14.9 Å². The van der Waals surface area contributed by atoms with Crippen LogP contribution < -0.4 is 5.32 Å². The van der Waals surface area contributed by atoms with Crippen LogP contribution in [0.1, 0.15) is 25.6 Å². The van der Waals surface area contributed by atoms with Gasteiger partial charge in [0.2, 0.25) is 0 Å². The molecule has 0 aliphatic carbocycles. The second kappa shape index (κ2) is 7.03. The second-order valence-corrected chi connectivity index (χ2v) is 5.36. The normalized spacial score (nSPS) is 16.8. The predicted molar refractivity (Wildman–Crippen MR) is 76.9 cm³/mol. The topological polar surface area (TPSA) is 50.3 Å². The van der Waals surface area contributed by atoms with Gasteiger partial charge in [0, 0.05) is 38.2 Å². The minimum atomic E-state index is 0.276. The molecule has 2 heterocycles. The zero-order valence-corrected chi connectivity index (χ0v) is 12.3. The molecule has 1 aromatic rings. The monoisotopic (exact) mass is 284 g/mol. The summed E-state index contributed by atoms with van der Waals surface area (Å²) in [5.41, 5.74) is 0. The first kappa shape index (κ1) is 14.5. The zero-order valence-electron chi connectivity index (χ0n) is 11.5. The van der Waals surface area contributed by atoms with Crippen LogP contribution in [0.25, 0.3) is 0 Å². The largest absolute Gasteiger partial charge is 0.379 e. The van der Waals surface area contributed by atoms with Gasteiger partial charge in [-0.2, -0.15) is 0 Å². The third kappa shape index (κ3) is 4.60. The summed E-state index contributed by atoms with van der Waals surface area (Å²) < 4.78 is 5.32. The summed E-state index contributed by atoms with van der Waals surface area (Å²) in [6.45, 7) is 9.62. The maximum atomic E-state index is 6.00. The lowest BCUT2D eigenvalue weighted by atomic mass is 10.2. The van der Waals surface area contributed by atoms with E-state index in [2.05, 4.69) is 34.0 Å². The van der Waals surface area contributed by atoms with Crippen molar-refractivity contribution in [3.63, 3.8) is 0 Å². The summed E-state index contributed by atoms with van der Waals surface area (Å²) in [6.07, 6.45) is 0. The van der Waals surface area contributed by atoms with Crippen LogP contribution in [0.2, 0.25) is 5.15 Å². The van der Waals surface area contributed by atoms with Crippen LogP contribution in [0.15, 0.2) is 6.07 Å². The number of rotatable bonds is 5. The lowest BCUT2D eigenvalue weighted by molar-refractivity contribution is 0.0398. The van der Waals surface area contributed by atoms with Crippen molar-refractivity contribution in [3.05, 3.63) is 17.0 Å². The lowest BCUT2D eigenvalue weighted by Gasteiger charge is -2.26. The molecule has 1 aromatic heterocycles. The fourth-order valence-corrected chi connectivity index (χ4v) is 2.14. The first-order valence-electron chi connectivity index (χ1n) is 6.73. The molecule has 0 unspecified atom stereocenters. The SMILES string of the molecule is CC(C)c1nc(Cl)cc(NCCN2CCOCC2)n1. The molecule has 1 aliphatic rings. The molecular weight excluding hydrogens is 264 g/mol. The number of anilines is 1. The minimum Gasteiger partial charge on any atom is -0.379 e. The highest BCUT2D eigenvalue weighted by Crippen LogP contribution is 2.16. The van der Waals surface area contributed by atoms with E-state index in [9.17, 15) is 0 Å². The Bertz CT molecular complexity index is 408. The van der Waals surface area contributed by atoms with E-state index in [1.54, 1.807) is 6.07 Å². The Kier molecular flexibility index (Phi) is 5.36. The molecule has 1 saturated heterocycles. The molecule has 0 radical (unpaired) electrons. The summed E-state index contributed by atoms with van der Waals surface area (Å²) in [6, 6.07) is 1.77. The summed E-state index contributed by atoms with van der Waals surface area (Å²) in [4.78, 5) is 11.1. The zero-order chi connectivity index (χ0) is 13.7. The fourth-order valence-electron chi connectivity index (χ4n) is 1.95. The van der Waals surface area contributed by atoms with Crippen molar-refractivity contribution in [3.8, 4) is 0 Å². The molecule has 1 N–H and O–H groups in total. The van der Waals surface area contributed by atoms with Gasteiger partial charge in [0.05, 0.1) is 13.2 Å². The molecule has 0 bridgehead atoms. The Morgan fingerprint density at radius 2 is 2.11 bits per heavy atom. The van der Waals surface area contributed by atoms with Crippen LogP contribution in [-0.2, 0) is 4.74 Å². The summed E-state index contributed by atoms with van der Waals surface area (Å²) in [5.74, 6) is 1.86. The van der Waals surface area contributed by atoms with E-state index in [4.69, 9.17) is 16.3 Å². The third-order valence-electron chi connectivity index (χ3n) is 3.07. The van der Waals surface area contributed by atoms with Crippen molar-refractivity contribution in [2.45, 2.75) is 19.8 Å². The number of nitrogens with zero attached hydrogens (tertiary/aromatic N) is 3. The molecule has 5 nitrogen and oxygen atoms in total. The van der Waals surface area contributed by atoms with Crippen molar-refractivity contribution >= 4 is 17.4 Å². The van der Waals surface area contributed by atoms with Gasteiger partial charge in [-0.3, -0.25) is 4.90 Å². The number of hydrogen-bond donors (Lipinski definition) is 1. The Morgan fingerprint density at radius 1 is 1.37 bits per heavy atom. The highest BCUT2D eigenvalue weighted by molar-refractivity contribution is 6.29. The summed E-state index contributed by atoms with van der Waals surface area (Å²) in [5, 5.41) is 3.80. The molecule has 6 heteroatoms. The van der Waals surface area contributed by atoms with E-state index < -0.39 is 0 Å². The number of hydrogen-bond acceptors (Lipinski definition) is 5. The highest BCUT2D eigenvalue weighted by Gasteiger charge is 2.10. The summed E-state index contributed by atoms with van der Waals surface area (Å²) in [7, 11) is 0. The van der Waals surface area contributed by atoms with E-state index in [1.807, 2.05) is 0 Å². The van der Waals surface area contributed by atoms with Gasteiger partial charge >= 0.3 is 0 Å².